The fourth-order valence-electron chi connectivity index (χ4n) is 2.33. The van der Waals surface area contributed by atoms with Gasteiger partial charge in [0.05, 0.1) is 4.47 Å². The van der Waals surface area contributed by atoms with E-state index in [1.165, 1.54) is 6.07 Å². The second-order valence-electron chi connectivity index (χ2n) is 4.94. The molecule has 2 N–H and O–H groups in total. The topological polar surface area (TPSA) is 27.8 Å². The number of rotatable bonds is 3. The summed E-state index contributed by atoms with van der Waals surface area (Å²) in [4.78, 5) is 3.19. The van der Waals surface area contributed by atoms with Gasteiger partial charge in [0.1, 0.15) is 5.82 Å². The monoisotopic (exact) mass is 366 g/mol. The van der Waals surface area contributed by atoms with Crippen LogP contribution in [-0.4, -0.2) is 4.98 Å². The first kappa shape index (κ1) is 14.4. The SMILES string of the molecule is Cc1cc(Br)c(F)cc1NCc1c[nH]c2cc(Cl)ccc12. The summed E-state index contributed by atoms with van der Waals surface area (Å²) in [7, 11) is 0. The molecule has 1 heterocycles. The predicted octanol–water partition coefficient (Wildman–Crippen LogP) is 5.64. The number of aromatic amines is 1. The van der Waals surface area contributed by atoms with Gasteiger partial charge in [-0.3, -0.25) is 0 Å². The summed E-state index contributed by atoms with van der Waals surface area (Å²) in [5.41, 5.74) is 3.90. The Kier molecular flexibility index (Phi) is 3.91. The molecule has 0 bridgehead atoms. The van der Waals surface area contributed by atoms with Crippen molar-refractivity contribution in [3.8, 4) is 0 Å². The Bertz CT molecular complexity index is 813. The summed E-state index contributed by atoms with van der Waals surface area (Å²) >= 11 is 9.16. The maximum atomic E-state index is 13.6. The Labute approximate surface area is 135 Å². The Morgan fingerprint density at radius 3 is 2.90 bits per heavy atom. The lowest BCUT2D eigenvalue weighted by molar-refractivity contribution is 0.621. The number of nitrogens with one attached hydrogen (secondary N) is 2. The van der Waals surface area contributed by atoms with Crippen LogP contribution in [0.25, 0.3) is 10.9 Å². The van der Waals surface area contributed by atoms with Crippen molar-refractivity contribution in [2.75, 3.05) is 5.32 Å². The first-order valence-corrected chi connectivity index (χ1v) is 7.67. The molecule has 0 aliphatic rings. The van der Waals surface area contributed by atoms with Gasteiger partial charge < -0.3 is 10.3 Å². The molecule has 108 valence electrons. The van der Waals surface area contributed by atoms with Crippen LogP contribution in [0, 0.1) is 12.7 Å². The first-order valence-electron chi connectivity index (χ1n) is 6.49. The van der Waals surface area contributed by atoms with Gasteiger partial charge in [-0.05, 0) is 58.2 Å². The van der Waals surface area contributed by atoms with Crippen molar-refractivity contribution in [2.45, 2.75) is 13.5 Å². The van der Waals surface area contributed by atoms with Gasteiger partial charge in [-0.15, -0.1) is 0 Å². The van der Waals surface area contributed by atoms with Crippen molar-refractivity contribution in [3.05, 3.63) is 63.0 Å². The van der Waals surface area contributed by atoms with Gasteiger partial charge >= 0.3 is 0 Å². The minimum Gasteiger partial charge on any atom is -0.381 e. The summed E-state index contributed by atoms with van der Waals surface area (Å²) in [5.74, 6) is -0.270. The molecule has 2 nitrogen and oxygen atoms in total. The van der Waals surface area contributed by atoms with Crippen molar-refractivity contribution in [1.82, 2.24) is 4.98 Å². The molecule has 0 fully saturated rings. The number of hydrogen-bond donors (Lipinski definition) is 2. The maximum absolute atomic E-state index is 13.6. The third kappa shape index (κ3) is 2.92. The molecule has 0 amide bonds. The van der Waals surface area contributed by atoms with Crippen LogP contribution in [-0.2, 0) is 6.54 Å². The minimum absolute atomic E-state index is 0.270. The van der Waals surface area contributed by atoms with Crippen LogP contribution in [0.4, 0.5) is 10.1 Å². The van der Waals surface area contributed by atoms with Gasteiger partial charge in [-0.25, -0.2) is 4.39 Å². The molecule has 2 aromatic carbocycles. The van der Waals surface area contributed by atoms with Gasteiger partial charge in [0.15, 0.2) is 0 Å². The normalized spacial score (nSPS) is 11.0. The van der Waals surface area contributed by atoms with Crippen LogP contribution in [0.1, 0.15) is 11.1 Å². The molecule has 3 aromatic rings. The maximum Gasteiger partial charge on any atom is 0.139 e. The van der Waals surface area contributed by atoms with Gasteiger partial charge in [-0.1, -0.05) is 17.7 Å². The van der Waals surface area contributed by atoms with E-state index in [-0.39, 0.29) is 5.82 Å². The third-order valence-corrected chi connectivity index (χ3v) is 4.31. The summed E-state index contributed by atoms with van der Waals surface area (Å²) in [6, 6.07) is 9.02. The third-order valence-electron chi connectivity index (χ3n) is 3.47. The average Bonchev–Trinajstić information content (AvgIpc) is 2.83. The molecule has 0 saturated heterocycles. The lowest BCUT2D eigenvalue weighted by atomic mass is 10.1. The van der Waals surface area contributed by atoms with Crippen molar-refractivity contribution in [2.24, 2.45) is 0 Å². The van der Waals surface area contributed by atoms with E-state index in [2.05, 4.69) is 26.2 Å². The number of aryl methyl sites for hydroxylation is 1. The standard InChI is InChI=1S/C16H13BrClFN2/c1-9-4-13(17)14(19)6-15(9)20-7-10-8-21-16-5-11(18)2-3-12(10)16/h2-6,8,20-21H,7H2,1H3. The average molecular weight is 368 g/mol. The highest BCUT2D eigenvalue weighted by Gasteiger charge is 2.07. The Morgan fingerprint density at radius 1 is 1.29 bits per heavy atom. The highest BCUT2D eigenvalue weighted by molar-refractivity contribution is 9.10. The molecule has 0 saturated carbocycles. The van der Waals surface area contributed by atoms with Gasteiger partial charge in [-0.2, -0.15) is 0 Å². The van der Waals surface area contributed by atoms with E-state index in [0.717, 1.165) is 27.7 Å². The quantitative estimate of drug-likeness (QED) is 0.615. The summed E-state index contributed by atoms with van der Waals surface area (Å²) in [6.07, 6.45) is 1.94. The van der Waals surface area contributed by atoms with Gasteiger partial charge in [0.25, 0.3) is 0 Å². The van der Waals surface area contributed by atoms with E-state index in [4.69, 9.17) is 11.6 Å². The highest BCUT2D eigenvalue weighted by Crippen LogP contribution is 2.26. The predicted molar refractivity (Wildman–Crippen MR) is 89.5 cm³/mol. The fraction of sp³-hybridized carbons (Fsp3) is 0.125. The molecule has 0 spiro atoms. The van der Waals surface area contributed by atoms with Crippen molar-refractivity contribution in [3.63, 3.8) is 0 Å². The molecule has 1 aromatic heterocycles. The Morgan fingerprint density at radius 2 is 2.10 bits per heavy atom. The first-order chi connectivity index (χ1) is 10.0. The zero-order valence-corrected chi connectivity index (χ0v) is 13.6. The van der Waals surface area contributed by atoms with Crippen LogP contribution in [0.5, 0.6) is 0 Å². The van der Waals surface area contributed by atoms with Crippen LogP contribution < -0.4 is 5.32 Å². The number of H-pyrrole nitrogens is 1. The van der Waals surface area contributed by atoms with Crippen LogP contribution in [0.3, 0.4) is 0 Å². The number of hydrogen-bond acceptors (Lipinski definition) is 1. The van der Waals surface area contributed by atoms with Crippen molar-refractivity contribution >= 4 is 44.1 Å². The molecule has 0 aliphatic heterocycles. The van der Waals surface area contributed by atoms with Crippen molar-refractivity contribution in [1.29, 1.82) is 0 Å². The van der Waals surface area contributed by atoms with E-state index >= 15 is 0 Å². The van der Waals surface area contributed by atoms with Gasteiger partial charge in [0, 0.05) is 34.4 Å². The molecule has 3 rings (SSSR count). The Hall–Kier alpha value is -1.52. The molecule has 0 unspecified atom stereocenters. The number of benzene rings is 2. The second-order valence-corrected chi connectivity index (χ2v) is 6.23. The number of aromatic nitrogens is 1. The van der Waals surface area contributed by atoms with E-state index in [9.17, 15) is 4.39 Å². The molecular weight excluding hydrogens is 355 g/mol. The summed E-state index contributed by atoms with van der Waals surface area (Å²) in [5, 5.41) is 5.09. The zero-order chi connectivity index (χ0) is 15.0. The number of anilines is 1. The van der Waals surface area contributed by atoms with E-state index in [1.54, 1.807) is 6.07 Å². The van der Waals surface area contributed by atoms with E-state index in [1.807, 2.05) is 31.3 Å². The van der Waals surface area contributed by atoms with E-state index in [0.29, 0.717) is 16.0 Å². The minimum atomic E-state index is -0.270. The number of fused-ring (bicyclic) bond motifs is 1. The molecule has 0 radical (unpaired) electrons. The molecule has 0 atom stereocenters. The second kappa shape index (κ2) is 5.70. The van der Waals surface area contributed by atoms with E-state index < -0.39 is 0 Å². The highest BCUT2D eigenvalue weighted by atomic mass is 79.9. The lowest BCUT2D eigenvalue weighted by Gasteiger charge is -2.10. The van der Waals surface area contributed by atoms with Crippen LogP contribution in [0.15, 0.2) is 41.0 Å². The summed E-state index contributed by atoms with van der Waals surface area (Å²) < 4.78 is 14.1. The molecule has 0 aliphatic carbocycles. The Balaban J connectivity index is 1.85. The lowest BCUT2D eigenvalue weighted by Crippen LogP contribution is -2.01. The largest absolute Gasteiger partial charge is 0.381 e. The van der Waals surface area contributed by atoms with Crippen molar-refractivity contribution < 1.29 is 4.39 Å². The molecule has 21 heavy (non-hydrogen) atoms. The zero-order valence-electron chi connectivity index (χ0n) is 11.3. The van der Waals surface area contributed by atoms with Crippen LogP contribution in [0.2, 0.25) is 5.02 Å². The molecular formula is C16H13BrClFN2. The van der Waals surface area contributed by atoms with Crippen LogP contribution >= 0.6 is 27.5 Å². The summed E-state index contributed by atoms with van der Waals surface area (Å²) in [6.45, 7) is 2.56. The number of halogens is 3. The fourth-order valence-corrected chi connectivity index (χ4v) is 2.96. The molecule has 5 heteroatoms. The van der Waals surface area contributed by atoms with Gasteiger partial charge in [0.2, 0.25) is 0 Å². The smallest absolute Gasteiger partial charge is 0.139 e.